The van der Waals surface area contributed by atoms with E-state index in [4.69, 9.17) is 10.8 Å². The quantitative estimate of drug-likeness (QED) is 0.684. The van der Waals surface area contributed by atoms with Gasteiger partial charge in [-0.2, -0.15) is 0 Å². The summed E-state index contributed by atoms with van der Waals surface area (Å²) in [7, 11) is 0. The van der Waals surface area contributed by atoms with Crippen molar-refractivity contribution in [3.8, 4) is 0 Å². The Labute approximate surface area is 108 Å². The molecular formula is C10H13N5O4. The van der Waals surface area contributed by atoms with E-state index in [9.17, 15) is 14.4 Å². The van der Waals surface area contributed by atoms with Crippen LogP contribution >= 0.6 is 0 Å². The Morgan fingerprint density at radius 3 is 2.68 bits per heavy atom. The summed E-state index contributed by atoms with van der Waals surface area (Å²) in [5, 5.41) is 15.9. The number of aromatic carboxylic acids is 1. The Balaban J connectivity index is 2.17. The minimum absolute atomic E-state index is 0.101. The first-order chi connectivity index (χ1) is 9.04. The van der Waals surface area contributed by atoms with Gasteiger partial charge >= 0.3 is 5.97 Å². The fourth-order valence-corrected chi connectivity index (χ4v) is 1.95. The lowest BCUT2D eigenvalue weighted by molar-refractivity contribution is -0.142. The molecule has 0 radical (unpaired) electrons. The molecular weight excluding hydrogens is 254 g/mol. The number of carboxylic acids is 1. The third kappa shape index (κ3) is 2.45. The van der Waals surface area contributed by atoms with Crippen molar-refractivity contribution >= 4 is 17.8 Å². The Morgan fingerprint density at radius 1 is 1.42 bits per heavy atom. The van der Waals surface area contributed by atoms with E-state index in [1.807, 2.05) is 0 Å². The van der Waals surface area contributed by atoms with E-state index in [0.29, 0.717) is 19.4 Å². The van der Waals surface area contributed by atoms with Crippen LogP contribution in [0.15, 0.2) is 0 Å². The summed E-state index contributed by atoms with van der Waals surface area (Å²) in [5.74, 6) is -1.91. The molecule has 2 heterocycles. The van der Waals surface area contributed by atoms with Gasteiger partial charge in [-0.15, -0.1) is 5.10 Å². The molecule has 102 valence electrons. The number of nitrogens with two attached hydrogens (primary N) is 1. The number of nitrogens with zero attached hydrogens (tertiary/aromatic N) is 4. The van der Waals surface area contributed by atoms with Crippen LogP contribution in [-0.4, -0.2) is 49.3 Å². The molecule has 19 heavy (non-hydrogen) atoms. The molecule has 9 heteroatoms. The van der Waals surface area contributed by atoms with E-state index in [0.717, 1.165) is 9.58 Å². The largest absolute Gasteiger partial charge is 0.476 e. The monoisotopic (exact) mass is 267 g/mol. The van der Waals surface area contributed by atoms with Crippen molar-refractivity contribution in [2.45, 2.75) is 25.9 Å². The maximum Gasteiger partial charge on any atom is 0.358 e. The lowest BCUT2D eigenvalue weighted by atomic mass is 10.3. The molecule has 0 aromatic carbocycles. The predicted molar refractivity (Wildman–Crippen MR) is 60.8 cm³/mol. The number of hydrogen-bond acceptors (Lipinski definition) is 6. The third-order valence-electron chi connectivity index (χ3n) is 2.89. The standard InChI is InChI=1S/C10H13N5O4/c11-4-6-9(10(18)19)12-13-15(6)5-8(17)14-3-1-2-7(14)16/h1-5,11H2,(H,18,19). The zero-order valence-electron chi connectivity index (χ0n) is 10.1. The highest BCUT2D eigenvalue weighted by atomic mass is 16.4. The highest BCUT2D eigenvalue weighted by molar-refractivity contribution is 5.96. The fourth-order valence-electron chi connectivity index (χ4n) is 1.95. The molecule has 9 nitrogen and oxygen atoms in total. The van der Waals surface area contributed by atoms with Crippen molar-refractivity contribution in [3.63, 3.8) is 0 Å². The SMILES string of the molecule is NCc1c(C(=O)O)nnn1CC(=O)N1CCCC1=O. The molecule has 1 aromatic rings. The highest BCUT2D eigenvalue weighted by Gasteiger charge is 2.28. The van der Waals surface area contributed by atoms with Crippen LogP contribution in [0, 0.1) is 0 Å². The molecule has 0 atom stereocenters. The molecule has 1 saturated heterocycles. The summed E-state index contributed by atoms with van der Waals surface area (Å²) in [6, 6.07) is 0. The Kier molecular flexibility index (Phi) is 3.56. The maximum atomic E-state index is 11.9. The highest BCUT2D eigenvalue weighted by Crippen LogP contribution is 2.11. The molecule has 1 aliphatic heterocycles. The van der Waals surface area contributed by atoms with Gasteiger partial charge in [0.25, 0.3) is 5.91 Å². The van der Waals surface area contributed by atoms with E-state index in [1.165, 1.54) is 0 Å². The number of carbonyl (C=O) groups excluding carboxylic acids is 2. The van der Waals surface area contributed by atoms with Crippen LogP contribution in [0.3, 0.4) is 0 Å². The van der Waals surface area contributed by atoms with Crippen LogP contribution in [0.1, 0.15) is 29.0 Å². The topological polar surface area (TPSA) is 131 Å². The first-order valence-electron chi connectivity index (χ1n) is 5.73. The maximum absolute atomic E-state index is 11.9. The number of hydrogen-bond donors (Lipinski definition) is 2. The minimum atomic E-state index is -1.25. The number of amides is 2. The Morgan fingerprint density at radius 2 is 2.16 bits per heavy atom. The van der Waals surface area contributed by atoms with Gasteiger partial charge in [-0.3, -0.25) is 14.5 Å². The summed E-state index contributed by atoms with van der Waals surface area (Å²) < 4.78 is 1.12. The van der Waals surface area contributed by atoms with E-state index >= 15 is 0 Å². The lowest BCUT2D eigenvalue weighted by Crippen LogP contribution is -2.35. The molecule has 1 aliphatic rings. The minimum Gasteiger partial charge on any atom is -0.476 e. The van der Waals surface area contributed by atoms with Crippen LogP contribution < -0.4 is 5.73 Å². The van der Waals surface area contributed by atoms with E-state index < -0.39 is 11.9 Å². The fraction of sp³-hybridized carbons (Fsp3) is 0.500. The van der Waals surface area contributed by atoms with Crippen LogP contribution in [0.5, 0.6) is 0 Å². The molecule has 0 unspecified atom stereocenters. The molecule has 2 rings (SSSR count). The lowest BCUT2D eigenvalue weighted by Gasteiger charge is -2.13. The summed E-state index contributed by atoms with van der Waals surface area (Å²) in [6.07, 6.45) is 0.999. The third-order valence-corrected chi connectivity index (χ3v) is 2.89. The summed E-state index contributed by atoms with van der Waals surface area (Å²) >= 11 is 0. The van der Waals surface area contributed by atoms with Gasteiger partial charge in [-0.25, -0.2) is 9.48 Å². The van der Waals surface area contributed by atoms with Gasteiger partial charge in [-0.05, 0) is 6.42 Å². The number of carbonyl (C=O) groups is 3. The number of aromatic nitrogens is 3. The average Bonchev–Trinajstić information content (AvgIpc) is 2.94. The van der Waals surface area contributed by atoms with Crippen molar-refractivity contribution in [2.75, 3.05) is 6.54 Å². The van der Waals surface area contributed by atoms with Gasteiger partial charge in [0, 0.05) is 19.5 Å². The first-order valence-corrected chi connectivity index (χ1v) is 5.73. The molecule has 1 fully saturated rings. The summed E-state index contributed by atoms with van der Waals surface area (Å²) in [4.78, 5) is 35.3. The van der Waals surface area contributed by atoms with E-state index in [2.05, 4.69) is 10.3 Å². The van der Waals surface area contributed by atoms with Gasteiger partial charge in [0.1, 0.15) is 6.54 Å². The molecule has 0 saturated carbocycles. The first kappa shape index (κ1) is 13.1. The molecule has 1 aromatic heterocycles. The van der Waals surface area contributed by atoms with Crippen molar-refractivity contribution in [3.05, 3.63) is 11.4 Å². The van der Waals surface area contributed by atoms with Gasteiger partial charge in [0.15, 0.2) is 5.69 Å². The van der Waals surface area contributed by atoms with Crippen molar-refractivity contribution in [1.82, 2.24) is 19.9 Å². The van der Waals surface area contributed by atoms with Gasteiger partial charge in [0.05, 0.1) is 5.69 Å². The predicted octanol–water partition coefficient (Wildman–Crippen LogP) is -1.42. The summed E-state index contributed by atoms with van der Waals surface area (Å²) in [5.41, 5.74) is 5.32. The molecule has 2 amide bonds. The van der Waals surface area contributed by atoms with Crippen LogP contribution in [0.2, 0.25) is 0 Å². The van der Waals surface area contributed by atoms with E-state index in [-0.39, 0.29) is 30.4 Å². The second-order valence-electron chi connectivity index (χ2n) is 4.09. The van der Waals surface area contributed by atoms with Crippen LogP contribution in [0.4, 0.5) is 0 Å². The Hall–Kier alpha value is -2.29. The molecule has 0 bridgehead atoms. The zero-order chi connectivity index (χ0) is 14.0. The second-order valence-corrected chi connectivity index (χ2v) is 4.09. The molecule has 0 aliphatic carbocycles. The number of imide groups is 1. The average molecular weight is 267 g/mol. The van der Waals surface area contributed by atoms with Crippen molar-refractivity contribution in [2.24, 2.45) is 5.73 Å². The molecule has 0 spiro atoms. The number of likely N-dealkylation sites (tertiary alicyclic amines) is 1. The van der Waals surface area contributed by atoms with Crippen molar-refractivity contribution in [1.29, 1.82) is 0 Å². The van der Waals surface area contributed by atoms with Crippen LogP contribution in [-0.2, 0) is 22.7 Å². The van der Waals surface area contributed by atoms with Gasteiger partial charge in [0.2, 0.25) is 5.91 Å². The summed E-state index contributed by atoms with van der Waals surface area (Å²) in [6.45, 7) is 0.0462. The number of carboxylic acid groups (broad SMARTS) is 1. The Bertz CT molecular complexity index is 538. The van der Waals surface area contributed by atoms with E-state index in [1.54, 1.807) is 0 Å². The van der Waals surface area contributed by atoms with Gasteiger partial charge < -0.3 is 10.8 Å². The zero-order valence-corrected chi connectivity index (χ0v) is 10.1. The number of rotatable bonds is 4. The van der Waals surface area contributed by atoms with Crippen molar-refractivity contribution < 1.29 is 19.5 Å². The molecule has 3 N–H and O–H groups in total. The smallest absolute Gasteiger partial charge is 0.358 e. The van der Waals surface area contributed by atoms with Crippen LogP contribution in [0.25, 0.3) is 0 Å². The normalized spacial score (nSPS) is 15.0. The second kappa shape index (κ2) is 5.14. The van der Waals surface area contributed by atoms with Gasteiger partial charge in [-0.1, -0.05) is 5.21 Å².